The molecule has 0 spiro atoms. The number of nitrogens with two attached hydrogens (primary N) is 1. The van der Waals surface area contributed by atoms with Crippen LogP contribution in [0.3, 0.4) is 0 Å². The van der Waals surface area contributed by atoms with Gasteiger partial charge in [0, 0.05) is 17.8 Å². The Morgan fingerprint density at radius 3 is 2.60 bits per heavy atom. The molecule has 1 atom stereocenters. The van der Waals surface area contributed by atoms with Gasteiger partial charge >= 0.3 is 6.18 Å². The molecular formula is C13H12F4N2S. The zero-order chi connectivity index (χ0) is 14.9. The second-order valence-corrected chi connectivity index (χ2v) is 5.46. The van der Waals surface area contributed by atoms with Gasteiger partial charge in [0.15, 0.2) is 0 Å². The summed E-state index contributed by atoms with van der Waals surface area (Å²) in [5.41, 5.74) is 5.26. The molecule has 108 valence electrons. The molecule has 0 aliphatic rings. The number of halogens is 4. The van der Waals surface area contributed by atoms with Crippen LogP contribution in [0.5, 0.6) is 0 Å². The SMILES string of the molecule is Cc1nc(CC(N)c2cc(F)ccc2C(F)(F)F)cs1. The molecule has 1 heterocycles. The lowest BCUT2D eigenvalue weighted by Crippen LogP contribution is -2.19. The van der Waals surface area contributed by atoms with Crippen LogP contribution in [-0.4, -0.2) is 4.98 Å². The second-order valence-electron chi connectivity index (χ2n) is 4.40. The van der Waals surface area contributed by atoms with E-state index < -0.39 is 23.6 Å². The molecule has 0 aliphatic carbocycles. The lowest BCUT2D eigenvalue weighted by atomic mass is 9.97. The van der Waals surface area contributed by atoms with E-state index in [1.807, 2.05) is 0 Å². The Hall–Kier alpha value is -1.47. The number of hydrogen-bond donors (Lipinski definition) is 1. The highest BCUT2D eigenvalue weighted by Gasteiger charge is 2.34. The highest BCUT2D eigenvalue weighted by molar-refractivity contribution is 7.09. The van der Waals surface area contributed by atoms with E-state index >= 15 is 0 Å². The molecular weight excluding hydrogens is 292 g/mol. The summed E-state index contributed by atoms with van der Waals surface area (Å²) in [6, 6.07) is 1.39. The molecule has 0 bridgehead atoms. The van der Waals surface area contributed by atoms with Crippen molar-refractivity contribution in [3.8, 4) is 0 Å². The maximum absolute atomic E-state index is 13.2. The molecule has 2 nitrogen and oxygen atoms in total. The summed E-state index contributed by atoms with van der Waals surface area (Å²) in [6.07, 6.45) is -4.42. The van der Waals surface area contributed by atoms with Gasteiger partial charge in [-0.25, -0.2) is 9.37 Å². The van der Waals surface area contributed by atoms with Gasteiger partial charge in [-0.3, -0.25) is 0 Å². The quantitative estimate of drug-likeness (QED) is 0.875. The first kappa shape index (κ1) is 14.9. The molecule has 7 heteroatoms. The molecule has 1 aromatic heterocycles. The molecule has 0 aliphatic heterocycles. The van der Waals surface area contributed by atoms with Crippen molar-refractivity contribution in [2.45, 2.75) is 25.6 Å². The number of alkyl halides is 3. The third-order valence-corrected chi connectivity index (χ3v) is 3.64. The van der Waals surface area contributed by atoms with Gasteiger partial charge in [-0.1, -0.05) is 0 Å². The Morgan fingerprint density at radius 2 is 2.05 bits per heavy atom. The van der Waals surface area contributed by atoms with Crippen LogP contribution < -0.4 is 5.73 Å². The summed E-state index contributed by atoms with van der Waals surface area (Å²) in [5.74, 6) is -0.738. The first-order valence-electron chi connectivity index (χ1n) is 5.80. The Bertz CT molecular complexity index is 607. The number of rotatable bonds is 3. The van der Waals surface area contributed by atoms with Crippen molar-refractivity contribution in [2.24, 2.45) is 5.73 Å². The molecule has 1 unspecified atom stereocenters. The number of aromatic nitrogens is 1. The minimum atomic E-state index is -4.56. The van der Waals surface area contributed by atoms with Crippen LogP contribution in [0, 0.1) is 12.7 Å². The van der Waals surface area contributed by atoms with Crippen molar-refractivity contribution in [2.75, 3.05) is 0 Å². The normalized spacial score (nSPS) is 13.5. The number of aryl methyl sites for hydroxylation is 1. The van der Waals surface area contributed by atoms with Crippen LogP contribution in [0.15, 0.2) is 23.6 Å². The van der Waals surface area contributed by atoms with Gasteiger partial charge in [0.2, 0.25) is 0 Å². The summed E-state index contributed by atoms with van der Waals surface area (Å²) in [5, 5.41) is 2.55. The van der Waals surface area contributed by atoms with E-state index in [9.17, 15) is 17.6 Å². The largest absolute Gasteiger partial charge is 0.416 e. The van der Waals surface area contributed by atoms with Gasteiger partial charge < -0.3 is 5.73 Å². The topological polar surface area (TPSA) is 38.9 Å². The fourth-order valence-corrected chi connectivity index (χ4v) is 2.56. The molecule has 0 amide bonds. The van der Waals surface area contributed by atoms with E-state index in [1.165, 1.54) is 11.3 Å². The Labute approximate surface area is 117 Å². The minimum absolute atomic E-state index is 0.136. The van der Waals surface area contributed by atoms with Crippen molar-refractivity contribution in [3.05, 3.63) is 51.2 Å². The number of hydrogen-bond acceptors (Lipinski definition) is 3. The van der Waals surface area contributed by atoms with Crippen LogP contribution in [-0.2, 0) is 12.6 Å². The summed E-state index contributed by atoms with van der Waals surface area (Å²) in [6.45, 7) is 1.79. The number of benzene rings is 1. The van der Waals surface area contributed by atoms with Gasteiger partial charge in [-0.2, -0.15) is 13.2 Å². The molecule has 0 saturated heterocycles. The summed E-state index contributed by atoms with van der Waals surface area (Å²) in [4.78, 5) is 4.15. The van der Waals surface area contributed by atoms with Crippen molar-refractivity contribution in [1.82, 2.24) is 4.98 Å². The standard InChI is InChI=1S/C13H12F4N2S/c1-7-19-9(6-20-7)5-12(18)10-4-8(14)2-3-11(10)13(15,16)17/h2-4,6,12H,5,18H2,1H3. The lowest BCUT2D eigenvalue weighted by molar-refractivity contribution is -0.138. The van der Waals surface area contributed by atoms with E-state index in [-0.39, 0.29) is 12.0 Å². The van der Waals surface area contributed by atoms with Gasteiger partial charge in [0.25, 0.3) is 0 Å². The molecule has 0 fully saturated rings. The average molecular weight is 304 g/mol. The maximum atomic E-state index is 13.2. The molecule has 1 aromatic carbocycles. The summed E-state index contributed by atoms with van der Waals surface area (Å²) < 4.78 is 51.9. The highest BCUT2D eigenvalue weighted by Crippen LogP contribution is 2.35. The Kier molecular flexibility index (Phi) is 4.10. The second kappa shape index (κ2) is 5.49. The van der Waals surface area contributed by atoms with E-state index in [0.717, 1.165) is 23.2 Å². The molecule has 20 heavy (non-hydrogen) atoms. The lowest BCUT2D eigenvalue weighted by Gasteiger charge is -2.17. The molecule has 0 saturated carbocycles. The van der Waals surface area contributed by atoms with Gasteiger partial charge in [0.05, 0.1) is 16.3 Å². The summed E-state index contributed by atoms with van der Waals surface area (Å²) in [7, 11) is 0. The van der Waals surface area contributed by atoms with Crippen LogP contribution in [0.4, 0.5) is 17.6 Å². The number of nitrogens with zero attached hydrogens (tertiary/aromatic N) is 1. The molecule has 2 N–H and O–H groups in total. The minimum Gasteiger partial charge on any atom is -0.324 e. The Balaban J connectivity index is 2.33. The van der Waals surface area contributed by atoms with Crippen molar-refractivity contribution in [3.63, 3.8) is 0 Å². The summed E-state index contributed by atoms with van der Waals surface area (Å²) >= 11 is 1.39. The van der Waals surface area contributed by atoms with Gasteiger partial charge in [-0.15, -0.1) is 11.3 Å². The van der Waals surface area contributed by atoms with Crippen molar-refractivity contribution in [1.29, 1.82) is 0 Å². The predicted octanol–water partition coefficient (Wildman–Crippen LogP) is 3.85. The van der Waals surface area contributed by atoms with E-state index in [4.69, 9.17) is 5.73 Å². The fraction of sp³-hybridized carbons (Fsp3) is 0.308. The average Bonchev–Trinajstić information content (AvgIpc) is 2.73. The molecule has 2 rings (SSSR count). The first-order chi connectivity index (χ1) is 9.27. The van der Waals surface area contributed by atoms with Gasteiger partial charge in [0.1, 0.15) is 5.82 Å². The first-order valence-corrected chi connectivity index (χ1v) is 6.68. The van der Waals surface area contributed by atoms with Crippen LogP contribution in [0.25, 0.3) is 0 Å². The smallest absolute Gasteiger partial charge is 0.324 e. The van der Waals surface area contributed by atoms with Crippen LogP contribution >= 0.6 is 11.3 Å². The third kappa shape index (κ3) is 3.34. The monoisotopic (exact) mass is 304 g/mol. The zero-order valence-electron chi connectivity index (χ0n) is 10.5. The van der Waals surface area contributed by atoms with Crippen LogP contribution in [0.1, 0.15) is 27.9 Å². The van der Waals surface area contributed by atoms with E-state index in [1.54, 1.807) is 12.3 Å². The van der Waals surface area contributed by atoms with E-state index in [0.29, 0.717) is 5.69 Å². The Morgan fingerprint density at radius 1 is 1.35 bits per heavy atom. The maximum Gasteiger partial charge on any atom is 0.416 e. The van der Waals surface area contributed by atoms with Crippen molar-refractivity contribution < 1.29 is 17.6 Å². The fourth-order valence-electron chi connectivity index (χ4n) is 1.94. The van der Waals surface area contributed by atoms with Crippen LogP contribution in [0.2, 0.25) is 0 Å². The predicted molar refractivity (Wildman–Crippen MR) is 68.9 cm³/mol. The molecule has 0 radical (unpaired) electrons. The number of thiazole rings is 1. The van der Waals surface area contributed by atoms with E-state index in [2.05, 4.69) is 4.98 Å². The zero-order valence-corrected chi connectivity index (χ0v) is 11.4. The van der Waals surface area contributed by atoms with Gasteiger partial charge in [-0.05, 0) is 30.7 Å². The van der Waals surface area contributed by atoms with Crippen molar-refractivity contribution >= 4 is 11.3 Å². The highest BCUT2D eigenvalue weighted by atomic mass is 32.1. The third-order valence-electron chi connectivity index (χ3n) is 2.81. The molecule has 2 aromatic rings.